The fraction of sp³-hybridized carbons (Fsp3) is 0.125. The third kappa shape index (κ3) is 2.80. The number of halogens is 1. The van der Waals surface area contributed by atoms with Crippen LogP contribution < -0.4 is 5.32 Å². The second-order valence-corrected chi connectivity index (χ2v) is 5.60. The molecule has 3 nitrogen and oxygen atoms in total. The number of benzene rings is 1. The van der Waals surface area contributed by atoms with E-state index >= 15 is 0 Å². The minimum Gasteiger partial charge on any atom is -0.380 e. The maximum absolute atomic E-state index is 4.56. The SMILES string of the molecule is Cc1cc(NCc2ccncc2)c2cc(Br)ccc2n1. The maximum atomic E-state index is 4.56. The van der Waals surface area contributed by atoms with Gasteiger partial charge in [-0.05, 0) is 48.9 Å². The number of pyridine rings is 2. The van der Waals surface area contributed by atoms with E-state index in [-0.39, 0.29) is 0 Å². The number of nitrogens with one attached hydrogen (secondary N) is 1. The van der Waals surface area contributed by atoms with Crippen LogP contribution in [0, 0.1) is 6.92 Å². The lowest BCUT2D eigenvalue weighted by molar-refractivity contribution is 1.12. The summed E-state index contributed by atoms with van der Waals surface area (Å²) in [6.07, 6.45) is 3.62. The molecule has 0 aliphatic carbocycles. The van der Waals surface area contributed by atoms with Crippen molar-refractivity contribution < 1.29 is 0 Å². The molecule has 20 heavy (non-hydrogen) atoms. The van der Waals surface area contributed by atoms with Crippen LogP contribution in [0.15, 0.2) is 53.3 Å². The zero-order chi connectivity index (χ0) is 13.9. The quantitative estimate of drug-likeness (QED) is 0.778. The molecule has 3 aromatic rings. The Morgan fingerprint density at radius 1 is 1.10 bits per heavy atom. The van der Waals surface area contributed by atoms with E-state index in [9.17, 15) is 0 Å². The van der Waals surface area contributed by atoms with Crippen LogP contribution in [0.25, 0.3) is 10.9 Å². The molecule has 0 amide bonds. The van der Waals surface area contributed by atoms with Gasteiger partial charge in [0.15, 0.2) is 0 Å². The third-order valence-electron chi connectivity index (χ3n) is 3.13. The van der Waals surface area contributed by atoms with Crippen molar-refractivity contribution in [2.75, 3.05) is 5.32 Å². The van der Waals surface area contributed by atoms with E-state index in [1.54, 1.807) is 0 Å². The van der Waals surface area contributed by atoms with Crippen molar-refractivity contribution in [1.29, 1.82) is 0 Å². The molecule has 0 spiro atoms. The number of hydrogen-bond donors (Lipinski definition) is 1. The number of nitrogens with zero attached hydrogens (tertiary/aromatic N) is 2. The fourth-order valence-corrected chi connectivity index (χ4v) is 2.54. The molecule has 100 valence electrons. The molecular formula is C16H14BrN3. The van der Waals surface area contributed by atoms with Gasteiger partial charge in [0.05, 0.1) is 5.52 Å². The van der Waals surface area contributed by atoms with Gasteiger partial charge in [0.25, 0.3) is 0 Å². The minimum absolute atomic E-state index is 0.771. The molecule has 0 fully saturated rings. The van der Waals surface area contributed by atoms with Crippen molar-refractivity contribution in [3.8, 4) is 0 Å². The fourth-order valence-electron chi connectivity index (χ4n) is 2.17. The Kier molecular flexibility index (Phi) is 3.65. The van der Waals surface area contributed by atoms with Gasteiger partial charge in [0.1, 0.15) is 0 Å². The number of rotatable bonds is 3. The van der Waals surface area contributed by atoms with Gasteiger partial charge < -0.3 is 5.32 Å². The molecule has 2 heterocycles. The number of aryl methyl sites for hydroxylation is 1. The van der Waals surface area contributed by atoms with Crippen molar-refractivity contribution in [3.05, 3.63) is 64.5 Å². The van der Waals surface area contributed by atoms with Crippen molar-refractivity contribution in [1.82, 2.24) is 9.97 Å². The molecule has 1 aromatic carbocycles. The van der Waals surface area contributed by atoms with Gasteiger partial charge in [-0.15, -0.1) is 0 Å². The molecule has 0 saturated carbocycles. The van der Waals surface area contributed by atoms with E-state index in [1.165, 1.54) is 5.56 Å². The molecule has 0 atom stereocenters. The van der Waals surface area contributed by atoms with Crippen LogP contribution in [0.5, 0.6) is 0 Å². The molecule has 4 heteroatoms. The second-order valence-electron chi connectivity index (χ2n) is 4.68. The van der Waals surface area contributed by atoms with Gasteiger partial charge in [-0.2, -0.15) is 0 Å². The Bertz CT molecular complexity index is 741. The highest BCUT2D eigenvalue weighted by atomic mass is 79.9. The van der Waals surface area contributed by atoms with Gasteiger partial charge in [-0.1, -0.05) is 15.9 Å². The first-order chi connectivity index (χ1) is 9.72. The molecule has 0 aliphatic rings. The third-order valence-corrected chi connectivity index (χ3v) is 3.62. The summed E-state index contributed by atoms with van der Waals surface area (Å²) in [6, 6.07) is 12.2. The summed E-state index contributed by atoms with van der Waals surface area (Å²) in [4.78, 5) is 8.59. The van der Waals surface area contributed by atoms with Crippen molar-refractivity contribution in [2.45, 2.75) is 13.5 Å². The standard InChI is InChI=1S/C16H14BrN3/c1-11-8-16(19-10-12-4-6-18-7-5-12)14-9-13(17)2-3-15(14)20-11/h2-9H,10H2,1H3,(H,19,20). The topological polar surface area (TPSA) is 37.8 Å². The van der Waals surface area contributed by atoms with E-state index in [4.69, 9.17) is 0 Å². The maximum Gasteiger partial charge on any atom is 0.0726 e. The van der Waals surface area contributed by atoms with Gasteiger partial charge in [-0.3, -0.25) is 9.97 Å². The first-order valence-electron chi connectivity index (χ1n) is 6.42. The first-order valence-corrected chi connectivity index (χ1v) is 7.21. The van der Waals surface area contributed by atoms with E-state index in [2.05, 4.69) is 43.3 Å². The Balaban J connectivity index is 1.96. The molecule has 0 saturated heterocycles. The number of aromatic nitrogens is 2. The van der Waals surface area contributed by atoms with E-state index in [0.717, 1.165) is 33.3 Å². The van der Waals surface area contributed by atoms with Crippen LogP contribution in [0.2, 0.25) is 0 Å². The molecule has 0 aliphatic heterocycles. The average Bonchev–Trinajstić information content (AvgIpc) is 2.46. The predicted molar refractivity (Wildman–Crippen MR) is 85.7 cm³/mol. The Morgan fingerprint density at radius 2 is 1.90 bits per heavy atom. The number of hydrogen-bond acceptors (Lipinski definition) is 3. The lowest BCUT2D eigenvalue weighted by Crippen LogP contribution is -2.01. The molecule has 1 N–H and O–H groups in total. The van der Waals surface area contributed by atoms with E-state index in [0.29, 0.717) is 0 Å². The first kappa shape index (κ1) is 13.1. The highest BCUT2D eigenvalue weighted by Crippen LogP contribution is 2.26. The lowest BCUT2D eigenvalue weighted by atomic mass is 10.1. The zero-order valence-electron chi connectivity index (χ0n) is 11.1. The summed E-state index contributed by atoms with van der Waals surface area (Å²) in [7, 11) is 0. The Morgan fingerprint density at radius 3 is 2.70 bits per heavy atom. The van der Waals surface area contributed by atoms with E-state index in [1.807, 2.05) is 43.6 Å². The van der Waals surface area contributed by atoms with Gasteiger partial charge >= 0.3 is 0 Å². The normalized spacial score (nSPS) is 10.7. The summed E-state index contributed by atoms with van der Waals surface area (Å²) >= 11 is 3.52. The highest BCUT2D eigenvalue weighted by Gasteiger charge is 2.04. The van der Waals surface area contributed by atoms with Crippen LogP contribution in [-0.2, 0) is 6.54 Å². The second kappa shape index (κ2) is 5.59. The van der Waals surface area contributed by atoms with Crippen molar-refractivity contribution in [3.63, 3.8) is 0 Å². The summed E-state index contributed by atoms with van der Waals surface area (Å²) in [5, 5.41) is 4.61. The van der Waals surface area contributed by atoms with Gasteiger partial charge in [0.2, 0.25) is 0 Å². The molecule has 3 rings (SSSR count). The van der Waals surface area contributed by atoms with Crippen LogP contribution in [0.1, 0.15) is 11.3 Å². The number of anilines is 1. The smallest absolute Gasteiger partial charge is 0.0726 e. The van der Waals surface area contributed by atoms with Crippen molar-refractivity contribution >= 4 is 32.5 Å². The van der Waals surface area contributed by atoms with E-state index < -0.39 is 0 Å². The molecular weight excluding hydrogens is 314 g/mol. The minimum atomic E-state index is 0.771. The molecule has 2 aromatic heterocycles. The largest absolute Gasteiger partial charge is 0.380 e. The molecule has 0 radical (unpaired) electrons. The van der Waals surface area contributed by atoms with Crippen LogP contribution in [-0.4, -0.2) is 9.97 Å². The Labute approximate surface area is 126 Å². The summed E-state index contributed by atoms with van der Waals surface area (Å²) in [6.45, 7) is 2.78. The van der Waals surface area contributed by atoms with Gasteiger partial charge in [-0.25, -0.2) is 0 Å². The lowest BCUT2D eigenvalue weighted by Gasteiger charge is -2.11. The Hall–Kier alpha value is -1.94. The van der Waals surface area contributed by atoms with Crippen molar-refractivity contribution in [2.24, 2.45) is 0 Å². The molecule has 0 bridgehead atoms. The average molecular weight is 328 g/mol. The summed E-state index contributed by atoms with van der Waals surface area (Å²) in [5.74, 6) is 0. The zero-order valence-corrected chi connectivity index (χ0v) is 12.7. The summed E-state index contributed by atoms with van der Waals surface area (Å²) < 4.78 is 1.06. The highest BCUT2D eigenvalue weighted by molar-refractivity contribution is 9.10. The van der Waals surface area contributed by atoms with Crippen LogP contribution >= 0.6 is 15.9 Å². The molecule has 0 unspecified atom stereocenters. The summed E-state index contributed by atoms with van der Waals surface area (Å²) in [5.41, 5.74) is 4.32. The van der Waals surface area contributed by atoms with Crippen LogP contribution in [0.3, 0.4) is 0 Å². The van der Waals surface area contributed by atoms with Gasteiger partial charge in [0, 0.05) is 40.2 Å². The monoisotopic (exact) mass is 327 g/mol. The van der Waals surface area contributed by atoms with Crippen LogP contribution in [0.4, 0.5) is 5.69 Å². The predicted octanol–water partition coefficient (Wildman–Crippen LogP) is 4.31. The number of fused-ring (bicyclic) bond motifs is 1.